The summed E-state index contributed by atoms with van der Waals surface area (Å²) < 4.78 is 5.02. The van der Waals surface area contributed by atoms with Gasteiger partial charge in [-0.1, -0.05) is 6.42 Å². The molecule has 0 aromatic carbocycles. The van der Waals surface area contributed by atoms with Crippen molar-refractivity contribution in [2.24, 2.45) is 5.92 Å². The third kappa shape index (κ3) is 4.18. The molecule has 1 unspecified atom stereocenters. The quantitative estimate of drug-likeness (QED) is 0.706. The Labute approximate surface area is 106 Å². The van der Waals surface area contributed by atoms with Crippen LogP contribution in [-0.2, 0) is 9.53 Å². The summed E-state index contributed by atoms with van der Waals surface area (Å²) in [7, 11) is 0. The second-order valence-electron chi connectivity index (χ2n) is 5.62. The molecule has 0 aromatic heterocycles. The Kier molecular flexibility index (Phi) is 4.56. The van der Waals surface area contributed by atoms with E-state index in [1.807, 2.05) is 0 Å². The molecule has 1 rings (SSSR count). The third-order valence-electron chi connectivity index (χ3n) is 2.90. The van der Waals surface area contributed by atoms with Crippen molar-refractivity contribution in [3.8, 4) is 0 Å². The predicted molar refractivity (Wildman–Crippen MR) is 64.1 cm³/mol. The number of amides is 1. The van der Waals surface area contributed by atoms with Crippen LogP contribution in [-0.4, -0.2) is 40.0 Å². The molecule has 0 saturated heterocycles. The number of rotatable bonds is 3. The Bertz CT molecular complexity index is 323. The van der Waals surface area contributed by atoms with Crippen molar-refractivity contribution in [1.29, 1.82) is 0 Å². The van der Waals surface area contributed by atoms with Gasteiger partial charge in [-0.2, -0.15) is 0 Å². The van der Waals surface area contributed by atoms with Crippen LogP contribution in [0.25, 0.3) is 0 Å². The minimum absolute atomic E-state index is 0.449. The fourth-order valence-electron chi connectivity index (χ4n) is 2.14. The summed E-state index contributed by atoms with van der Waals surface area (Å²) in [5.74, 6) is -1.60. The van der Waals surface area contributed by atoms with Crippen LogP contribution in [0.4, 0.5) is 4.79 Å². The number of hydrogen-bond acceptors (Lipinski definition) is 4. The second-order valence-corrected chi connectivity index (χ2v) is 5.62. The Balaban J connectivity index is 2.64. The Morgan fingerprint density at radius 2 is 1.94 bits per heavy atom. The summed E-state index contributed by atoms with van der Waals surface area (Å²) >= 11 is 0. The minimum Gasteiger partial charge on any atom is -0.480 e. The molecule has 1 saturated carbocycles. The highest BCUT2D eigenvalue weighted by molar-refractivity contribution is 5.80. The zero-order chi connectivity index (χ0) is 13.9. The largest absolute Gasteiger partial charge is 0.480 e. The van der Waals surface area contributed by atoms with Gasteiger partial charge in [-0.25, -0.2) is 9.59 Å². The molecule has 1 aliphatic carbocycles. The number of hydrogen-bond donors (Lipinski definition) is 3. The monoisotopic (exact) mass is 259 g/mol. The molecule has 6 nitrogen and oxygen atoms in total. The summed E-state index contributed by atoms with van der Waals surface area (Å²) in [4.78, 5) is 22.7. The predicted octanol–water partition coefficient (Wildman–Crippen LogP) is 1.13. The number of alkyl carbamates (subject to hydrolysis) is 1. The van der Waals surface area contributed by atoms with E-state index in [0.717, 1.165) is 6.42 Å². The zero-order valence-corrected chi connectivity index (χ0v) is 11.0. The molecule has 0 aromatic rings. The van der Waals surface area contributed by atoms with E-state index in [1.54, 1.807) is 20.8 Å². The van der Waals surface area contributed by atoms with Crippen LogP contribution < -0.4 is 5.32 Å². The van der Waals surface area contributed by atoms with Crippen molar-refractivity contribution in [3.63, 3.8) is 0 Å². The molecule has 0 heterocycles. The van der Waals surface area contributed by atoms with Crippen LogP contribution >= 0.6 is 0 Å². The first-order valence-electron chi connectivity index (χ1n) is 6.11. The lowest BCUT2D eigenvalue weighted by Crippen LogP contribution is -2.49. The van der Waals surface area contributed by atoms with Gasteiger partial charge in [0.15, 0.2) is 0 Å². The second kappa shape index (κ2) is 5.56. The highest BCUT2D eigenvalue weighted by atomic mass is 16.6. The maximum atomic E-state index is 11.6. The number of nitrogens with one attached hydrogen (secondary N) is 1. The molecule has 0 spiro atoms. The van der Waals surface area contributed by atoms with Gasteiger partial charge in [0.1, 0.15) is 11.6 Å². The molecule has 1 fully saturated rings. The van der Waals surface area contributed by atoms with Gasteiger partial charge in [-0.15, -0.1) is 0 Å². The van der Waals surface area contributed by atoms with E-state index in [2.05, 4.69) is 5.32 Å². The number of carbonyl (C=O) groups is 2. The van der Waals surface area contributed by atoms with Crippen molar-refractivity contribution in [3.05, 3.63) is 0 Å². The van der Waals surface area contributed by atoms with Crippen molar-refractivity contribution in [1.82, 2.24) is 5.32 Å². The van der Waals surface area contributed by atoms with Crippen LogP contribution in [0.2, 0.25) is 0 Å². The van der Waals surface area contributed by atoms with E-state index < -0.39 is 35.7 Å². The van der Waals surface area contributed by atoms with Crippen LogP contribution in [0, 0.1) is 5.92 Å². The summed E-state index contributed by atoms with van der Waals surface area (Å²) in [5.41, 5.74) is -0.679. The van der Waals surface area contributed by atoms with Crippen molar-refractivity contribution in [2.45, 2.75) is 57.8 Å². The zero-order valence-electron chi connectivity index (χ0n) is 11.0. The number of carbonyl (C=O) groups excluding carboxylic acids is 1. The Morgan fingerprint density at radius 3 is 2.33 bits per heavy atom. The van der Waals surface area contributed by atoms with Crippen molar-refractivity contribution >= 4 is 12.1 Å². The molecule has 0 radical (unpaired) electrons. The van der Waals surface area contributed by atoms with E-state index in [4.69, 9.17) is 9.84 Å². The molecule has 0 bridgehead atoms. The van der Waals surface area contributed by atoms with E-state index in [0.29, 0.717) is 12.8 Å². The van der Waals surface area contributed by atoms with Gasteiger partial charge >= 0.3 is 12.1 Å². The summed E-state index contributed by atoms with van der Waals surface area (Å²) in [5, 5.41) is 21.1. The van der Waals surface area contributed by atoms with Gasteiger partial charge < -0.3 is 20.3 Å². The lowest BCUT2D eigenvalue weighted by molar-refractivity contribution is -0.142. The number of carboxylic acids is 1. The molecule has 6 heteroatoms. The fraction of sp³-hybridized carbons (Fsp3) is 0.833. The maximum Gasteiger partial charge on any atom is 0.408 e. The lowest BCUT2D eigenvalue weighted by Gasteiger charge is -2.26. The number of aliphatic hydroxyl groups is 1. The number of aliphatic carboxylic acids is 1. The van der Waals surface area contributed by atoms with E-state index >= 15 is 0 Å². The van der Waals surface area contributed by atoms with Gasteiger partial charge in [0.05, 0.1) is 6.10 Å². The molecule has 0 aliphatic heterocycles. The molecule has 18 heavy (non-hydrogen) atoms. The number of carboxylic acid groups (broad SMARTS) is 1. The van der Waals surface area contributed by atoms with E-state index in [1.165, 1.54) is 0 Å². The molecular weight excluding hydrogens is 238 g/mol. The van der Waals surface area contributed by atoms with E-state index in [9.17, 15) is 14.7 Å². The highest BCUT2D eigenvalue weighted by Crippen LogP contribution is 2.28. The van der Waals surface area contributed by atoms with Crippen LogP contribution in [0.15, 0.2) is 0 Å². The summed E-state index contributed by atoms with van der Waals surface area (Å²) in [6, 6.07) is -1.10. The van der Waals surface area contributed by atoms with Gasteiger partial charge in [-0.3, -0.25) is 0 Å². The normalized spacial score (nSPS) is 25.6. The van der Waals surface area contributed by atoms with Gasteiger partial charge in [0, 0.05) is 5.92 Å². The van der Waals surface area contributed by atoms with Crippen LogP contribution in [0.5, 0.6) is 0 Å². The molecule has 3 N–H and O–H groups in total. The lowest BCUT2D eigenvalue weighted by atomic mass is 9.96. The molecule has 3 atom stereocenters. The molecular formula is C12H21NO5. The Hall–Kier alpha value is -1.30. The van der Waals surface area contributed by atoms with Crippen molar-refractivity contribution < 1.29 is 24.5 Å². The first-order chi connectivity index (χ1) is 8.20. The first kappa shape index (κ1) is 14.8. The SMILES string of the molecule is CC(C)(C)OC(=O)N[C@H](C(=O)O)[C@H]1CCCC1O. The molecule has 104 valence electrons. The number of aliphatic hydroxyl groups excluding tert-OH is 1. The smallest absolute Gasteiger partial charge is 0.408 e. The van der Waals surface area contributed by atoms with Gasteiger partial charge in [-0.05, 0) is 33.6 Å². The summed E-state index contributed by atoms with van der Waals surface area (Å²) in [6.45, 7) is 5.10. The van der Waals surface area contributed by atoms with Crippen LogP contribution in [0.1, 0.15) is 40.0 Å². The molecule has 1 aliphatic rings. The average Bonchev–Trinajstić information content (AvgIpc) is 2.57. The van der Waals surface area contributed by atoms with Gasteiger partial charge in [0.25, 0.3) is 0 Å². The maximum absolute atomic E-state index is 11.6. The van der Waals surface area contributed by atoms with Crippen LogP contribution in [0.3, 0.4) is 0 Å². The van der Waals surface area contributed by atoms with E-state index in [-0.39, 0.29) is 0 Å². The topological polar surface area (TPSA) is 95.9 Å². The standard InChI is InChI=1S/C12H21NO5/c1-12(2,3)18-11(17)13-9(10(15)16)7-5-4-6-8(7)14/h7-9,14H,4-6H2,1-3H3,(H,13,17)(H,15,16)/t7-,8?,9-/m0/s1. The first-order valence-corrected chi connectivity index (χ1v) is 6.11. The third-order valence-corrected chi connectivity index (χ3v) is 2.90. The van der Waals surface area contributed by atoms with Crippen molar-refractivity contribution in [2.75, 3.05) is 0 Å². The highest BCUT2D eigenvalue weighted by Gasteiger charge is 2.38. The average molecular weight is 259 g/mol. The Morgan fingerprint density at radius 1 is 1.33 bits per heavy atom. The number of ether oxygens (including phenoxy) is 1. The fourth-order valence-corrected chi connectivity index (χ4v) is 2.14. The van der Waals surface area contributed by atoms with Gasteiger partial charge in [0.2, 0.25) is 0 Å². The summed E-state index contributed by atoms with van der Waals surface area (Å²) in [6.07, 6.45) is 0.485. The molecule has 1 amide bonds. The minimum atomic E-state index is -1.15.